The molecule has 0 fully saturated rings. The highest BCUT2D eigenvalue weighted by Crippen LogP contribution is 2.39. The van der Waals surface area contributed by atoms with Crippen molar-refractivity contribution < 1.29 is 4.80 Å². The van der Waals surface area contributed by atoms with Crippen molar-refractivity contribution >= 4 is 24.2 Å². The van der Waals surface area contributed by atoms with Crippen LogP contribution >= 0.6 is 15.9 Å². The van der Waals surface area contributed by atoms with E-state index in [1.165, 1.54) is 0 Å². The Bertz CT molecular complexity index is 118. The van der Waals surface area contributed by atoms with E-state index in [1.807, 2.05) is 13.1 Å². The van der Waals surface area contributed by atoms with Gasteiger partial charge in [0.15, 0.2) is 8.32 Å². The second-order valence-corrected chi connectivity index (χ2v) is 9.50. The van der Waals surface area contributed by atoms with E-state index in [-0.39, 0.29) is 5.04 Å². The molecule has 0 aliphatic carbocycles. The normalized spacial score (nSPS) is 13.6. The van der Waals surface area contributed by atoms with Crippen molar-refractivity contribution in [2.75, 3.05) is 5.33 Å². The molecule has 3 heteroatoms. The molecule has 68 valence electrons. The molecule has 1 N–H and O–H groups in total. The maximum Gasteiger partial charge on any atom is 0.188 e. The van der Waals surface area contributed by atoms with E-state index in [1.54, 1.807) is 0 Å². The summed E-state index contributed by atoms with van der Waals surface area (Å²) in [5.74, 6) is 0. The first kappa shape index (κ1) is 11.7. The van der Waals surface area contributed by atoms with Gasteiger partial charge in [-0.2, -0.15) is 0 Å². The summed E-state index contributed by atoms with van der Waals surface area (Å²) in [6, 6.07) is 0. The lowest BCUT2D eigenvalue weighted by Gasteiger charge is -2.34. The second-order valence-electron chi connectivity index (χ2n) is 4.24. The minimum Gasteiger partial charge on any atom is -0.432 e. The average Bonchev–Trinajstić information content (AvgIpc) is 1.81. The van der Waals surface area contributed by atoms with Crippen LogP contribution < -0.4 is 0 Å². The lowest BCUT2D eigenvalue weighted by Crippen LogP contribution is -2.38. The van der Waals surface area contributed by atoms with Crippen molar-refractivity contribution in [1.29, 1.82) is 0 Å². The molecule has 0 unspecified atom stereocenters. The third-order valence-electron chi connectivity index (χ3n) is 2.59. The summed E-state index contributed by atoms with van der Waals surface area (Å²) in [5.41, 5.74) is 0. The molecule has 11 heavy (non-hydrogen) atoms. The molecule has 0 saturated carbocycles. The number of hydrogen-bond acceptors (Lipinski definition) is 1. The SMILES string of the molecule is CC(C)(CCCBr)[Si](C)(C)O. The fraction of sp³-hybridized carbons (Fsp3) is 1.00. The zero-order valence-electron chi connectivity index (χ0n) is 7.95. The minimum atomic E-state index is -1.94. The fourth-order valence-corrected chi connectivity index (χ4v) is 1.88. The van der Waals surface area contributed by atoms with Crippen LogP contribution in [0.25, 0.3) is 0 Å². The van der Waals surface area contributed by atoms with Crippen molar-refractivity contribution in [2.24, 2.45) is 0 Å². The van der Waals surface area contributed by atoms with Crippen LogP contribution in [0.15, 0.2) is 0 Å². The molecule has 0 bridgehead atoms. The standard InChI is InChI=1S/C8H19BrOSi/c1-8(2,6-5-7-9)11(3,4)10/h10H,5-7H2,1-4H3. The molecule has 0 aromatic heterocycles. The van der Waals surface area contributed by atoms with Crippen molar-refractivity contribution in [3.05, 3.63) is 0 Å². The van der Waals surface area contributed by atoms with E-state index in [9.17, 15) is 4.80 Å². The number of alkyl halides is 1. The summed E-state index contributed by atoms with van der Waals surface area (Å²) in [5, 5.41) is 1.20. The first-order chi connectivity index (χ1) is 4.81. The second kappa shape index (κ2) is 4.05. The van der Waals surface area contributed by atoms with Gasteiger partial charge in [-0.05, 0) is 31.0 Å². The summed E-state index contributed by atoms with van der Waals surface area (Å²) >= 11 is 3.40. The van der Waals surface area contributed by atoms with Crippen LogP contribution in [0.3, 0.4) is 0 Å². The van der Waals surface area contributed by atoms with Gasteiger partial charge < -0.3 is 4.80 Å². The lowest BCUT2D eigenvalue weighted by molar-refractivity contribution is 0.449. The van der Waals surface area contributed by atoms with Gasteiger partial charge >= 0.3 is 0 Å². The van der Waals surface area contributed by atoms with Crippen LogP contribution in [0.4, 0.5) is 0 Å². The first-order valence-corrected chi connectivity index (χ1v) is 8.16. The van der Waals surface area contributed by atoms with Gasteiger partial charge in [0.25, 0.3) is 0 Å². The van der Waals surface area contributed by atoms with Crippen LogP contribution in [-0.2, 0) is 0 Å². The van der Waals surface area contributed by atoms with Gasteiger partial charge in [-0.3, -0.25) is 0 Å². The summed E-state index contributed by atoms with van der Waals surface area (Å²) < 4.78 is 0. The van der Waals surface area contributed by atoms with Gasteiger partial charge in [0, 0.05) is 5.33 Å². The number of halogens is 1. The zero-order chi connectivity index (χ0) is 9.12. The Kier molecular flexibility index (Phi) is 4.30. The maximum atomic E-state index is 9.90. The summed E-state index contributed by atoms with van der Waals surface area (Å²) in [6.07, 6.45) is 2.28. The molecular weight excluding hydrogens is 220 g/mol. The topological polar surface area (TPSA) is 20.2 Å². The highest BCUT2D eigenvalue weighted by atomic mass is 79.9. The predicted molar refractivity (Wildman–Crippen MR) is 56.8 cm³/mol. The third kappa shape index (κ3) is 3.72. The molecule has 0 aromatic carbocycles. The average molecular weight is 239 g/mol. The van der Waals surface area contributed by atoms with Crippen molar-refractivity contribution in [3.63, 3.8) is 0 Å². The molecular formula is C8H19BrOSi. The summed E-state index contributed by atoms with van der Waals surface area (Å²) in [4.78, 5) is 9.90. The van der Waals surface area contributed by atoms with E-state index < -0.39 is 8.32 Å². The Morgan fingerprint density at radius 1 is 1.36 bits per heavy atom. The molecule has 0 atom stereocenters. The van der Waals surface area contributed by atoms with Crippen LogP contribution in [0.5, 0.6) is 0 Å². The van der Waals surface area contributed by atoms with E-state index in [2.05, 4.69) is 29.8 Å². The van der Waals surface area contributed by atoms with Gasteiger partial charge in [0.1, 0.15) is 0 Å². The highest BCUT2D eigenvalue weighted by Gasteiger charge is 2.36. The van der Waals surface area contributed by atoms with Gasteiger partial charge in [-0.25, -0.2) is 0 Å². The molecule has 0 saturated heterocycles. The molecule has 0 aliphatic rings. The van der Waals surface area contributed by atoms with Gasteiger partial charge in [-0.1, -0.05) is 29.8 Å². The smallest absolute Gasteiger partial charge is 0.188 e. The van der Waals surface area contributed by atoms with E-state index >= 15 is 0 Å². The van der Waals surface area contributed by atoms with Crippen LogP contribution in [0, 0.1) is 0 Å². The summed E-state index contributed by atoms with van der Waals surface area (Å²) in [6.45, 7) is 8.37. The molecule has 0 radical (unpaired) electrons. The van der Waals surface area contributed by atoms with Crippen molar-refractivity contribution in [3.8, 4) is 0 Å². The monoisotopic (exact) mass is 238 g/mol. The molecule has 0 spiro atoms. The highest BCUT2D eigenvalue weighted by molar-refractivity contribution is 9.09. The largest absolute Gasteiger partial charge is 0.432 e. The Morgan fingerprint density at radius 3 is 2.09 bits per heavy atom. The number of rotatable bonds is 4. The van der Waals surface area contributed by atoms with Crippen LogP contribution in [-0.4, -0.2) is 18.4 Å². The predicted octanol–water partition coefficient (Wildman–Crippen LogP) is 3.14. The van der Waals surface area contributed by atoms with E-state index in [0.717, 1.165) is 18.2 Å². The van der Waals surface area contributed by atoms with Gasteiger partial charge in [0.2, 0.25) is 0 Å². The molecule has 0 heterocycles. The Morgan fingerprint density at radius 2 is 1.82 bits per heavy atom. The molecule has 0 aliphatic heterocycles. The van der Waals surface area contributed by atoms with Gasteiger partial charge in [0.05, 0.1) is 0 Å². The van der Waals surface area contributed by atoms with Crippen molar-refractivity contribution in [1.82, 2.24) is 0 Å². The molecule has 0 rings (SSSR count). The maximum absolute atomic E-state index is 9.90. The minimum absolute atomic E-state index is 0.154. The quantitative estimate of drug-likeness (QED) is 0.590. The fourth-order valence-electron chi connectivity index (χ4n) is 0.815. The Hall–Kier alpha value is 0.657. The first-order valence-electron chi connectivity index (χ1n) is 4.09. The molecule has 0 amide bonds. The lowest BCUT2D eigenvalue weighted by atomic mass is 10.1. The molecule has 0 aromatic rings. The van der Waals surface area contributed by atoms with E-state index in [0.29, 0.717) is 0 Å². The van der Waals surface area contributed by atoms with E-state index in [4.69, 9.17) is 0 Å². The van der Waals surface area contributed by atoms with Gasteiger partial charge in [-0.15, -0.1) is 0 Å². The molecule has 1 nitrogen and oxygen atoms in total. The zero-order valence-corrected chi connectivity index (χ0v) is 10.5. The summed E-state index contributed by atoms with van der Waals surface area (Å²) in [7, 11) is -1.94. The number of hydrogen-bond donors (Lipinski definition) is 1. The Labute approximate surface area is 79.5 Å². The Balaban J connectivity index is 4.00. The van der Waals surface area contributed by atoms with Crippen molar-refractivity contribution in [2.45, 2.75) is 44.8 Å². The third-order valence-corrected chi connectivity index (χ3v) is 6.71. The van der Waals surface area contributed by atoms with Crippen LogP contribution in [0.1, 0.15) is 26.7 Å². The van der Waals surface area contributed by atoms with Crippen LogP contribution in [0.2, 0.25) is 18.1 Å².